The van der Waals surface area contributed by atoms with E-state index in [0.29, 0.717) is 36.0 Å². The second-order valence-corrected chi connectivity index (χ2v) is 8.90. The van der Waals surface area contributed by atoms with Gasteiger partial charge in [0.2, 0.25) is 0 Å². The fourth-order valence-electron chi connectivity index (χ4n) is 6.52. The van der Waals surface area contributed by atoms with E-state index >= 15 is 0 Å². The summed E-state index contributed by atoms with van der Waals surface area (Å²) in [7, 11) is 1.82. The van der Waals surface area contributed by atoms with Crippen LogP contribution in [0.5, 0.6) is 0 Å². The highest BCUT2D eigenvalue weighted by Gasteiger charge is 2.60. The van der Waals surface area contributed by atoms with Gasteiger partial charge in [0.15, 0.2) is 5.78 Å². The molecule has 4 heteroatoms. The summed E-state index contributed by atoms with van der Waals surface area (Å²) < 4.78 is 5.62. The van der Waals surface area contributed by atoms with Gasteiger partial charge in [0.25, 0.3) is 0 Å². The molecule has 1 N–H and O–H groups in total. The van der Waals surface area contributed by atoms with Crippen molar-refractivity contribution in [2.24, 2.45) is 33.7 Å². The van der Waals surface area contributed by atoms with Crippen LogP contribution >= 0.6 is 0 Å². The second-order valence-electron chi connectivity index (χ2n) is 8.90. The van der Waals surface area contributed by atoms with Crippen LogP contribution in [-0.4, -0.2) is 29.9 Å². The zero-order valence-electron chi connectivity index (χ0n) is 15.0. The molecule has 6 atom stereocenters. The highest BCUT2D eigenvalue weighted by Crippen LogP contribution is 2.63. The highest BCUT2D eigenvalue weighted by atomic mass is 16.5. The average Bonchev–Trinajstić information content (AvgIpc) is 2.85. The first-order valence-electron chi connectivity index (χ1n) is 9.42. The number of allylic oxidation sites excluding steroid dienone is 1. The van der Waals surface area contributed by atoms with Gasteiger partial charge < -0.3 is 9.94 Å². The number of carbonyl (C=O) groups is 1. The molecule has 0 amide bonds. The summed E-state index contributed by atoms with van der Waals surface area (Å²) in [5, 5.41) is 12.6. The van der Waals surface area contributed by atoms with Gasteiger partial charge in [-0.05, 0) is 61.7 Å². The van der Waals surface area contributed by atoms with Crippen LogP contribution < -0.4 is 0 Å². The molecule has 4 nitrogen and oxygen atoms in total. The Bertz CT molecular complexity index is 624. The Kier molecular flexibility index (Phi) is 3.68. The minimum Gasteiger partial charge on any atom is -0.411 e. The Hall–Kier alpha value is -1.16. The lowest BCUT2D eigenvalue weighted by Gasteiger charge is -2.56. The third kappa shape index (κ3) is 2.01. The molecule has 0 aromatic rings. The van der Waals surface area contributed by atoms with Crippen LogP contribution in [0, 0.1) is 28.6 Å². The number of rotatable bonds is 1. The van der Waals surface area contributed by atoms with Crippen LogP contribution in [0.4, 0.5) is 0 Å². The number of ketones is 1. The standard InChI is InChI=1S/C20H29NO3/c1-19-8-6-13(24-3)10-12(19)4-5-14-15(19)7-9-20(2)16(14)11-17(21-23)18(20)22/h4,13-16,23H,5-11H2,1-3H3/t13?,14-,15+,16+,19+,20+/m1/s1. The number of hydrogen-bond acceptors (Lipinski definition) is 4. The molecule has 1 unspecified atom stereocenters. The minimum absolute atomic E-state index is 0.0940. The smallest absolute Gasteiger partial charge is 0.186 e. The number of hydrogen-bond donors (Lipinski definition) is 1. The molecule has 0 aliphatic heterocycles. The van der Waals surface area contributed by atoms with Crippen molar-refractivity contribution in [3.8, 4) is 0 Å². The van der Waals surface area contributed by atoms with E-state index in [2.05, 4.69) is 25.1 Å². The van der Waals surface area contributed by atoms with Gasteiger partial charge in [-0.2, -0.15) is 0 Å². The van der Waals surface area contributed by atoms with Gasteiger partial charge in [-0.3, -0.25) is 4.79 Å². The molecule has 0 bridgehead atoms. The molecule has 4 aliphatic rings. The van der Waals surface area contributed by atoms with E-state index < -0.39 is 0 Å². The van der Waals surface area contributed by atoms with Crippen molar-refractivity contribution in [3.05, 3.63) is 11.6 Å². The predicted molar refractivity (Wildman–Crippen MR) is 92.1 cm³/mol. The first kappa shape index (κ1) is 16.3. The van der Waals surface area contributed by atoms with E-state index in [-0.39, 0.29) is 16.6 Å². The van der Waals surface area contributed by atoms with E-state index in [9.17, 15) is 10.0 Å². The number of methoxy groups -OCH3 is 1. The zero-order chi connectivity index (χ0) is 17.1. The maximum Gasteiger partial charge on any atom is 0.186 e. The van der Waals surface area contributed by atoms with Gasteiger partial charge in [-0.15, -0.1) is 0 Å². The number of carbonyl (C=O) groups excluding carboxylic acids is 1. The molecule has 4 rings (SSSR count). The van der Waals surface area contributed by atoms with E-state index in [1.807, 2.05) is 7.11 Å². The summed E-state index contributed by atoms with van der Waals surface area (Å²) >= 11 is 0. The van der Waals surface area contributed by atoms with Crippen LogP contribution in [0.1, 0.15) is 58.8 Å². The van der Waals surface area contributed by atoms with Crippen LogP contribution in [0.15, 0.2) is 16.8 Å². The van der Waals surface area contributed by atoms with E-state index in [1.54, 1.807) is 5.57 Å². The van der Waals surface area contributed by atoms with Crippen molar-refractivity contribution >= 4 is 11.5 Å². The maximum absolute atomic E-state index is 12.7. The van der Waals surface area contributed by atoms with Crippen LogP contribution in [0.3, 0.4) is 0 Å². The SMILES string of the molecule is COC1CC[C@@]2(C)C(=CC[C@@H]3[C@@H]2CC[C@]2(C)C(=O)C(=NO)C[C@@H]32)C1. The molecule has 0 saturated heterocycles. The van der Waals surface area contributed by atoms with Crippen LogP contribution in [0.25, 0.3) is 0 Å². The molecule has 0 aromatic carbocycles. The summed E-state index contributed by atoms with van der Waals surface area (Å²) in [5.41, 5.74) is 1.95. The van der Waals surface area contributed by atoms with Crippen molar-refractivity contribution in [2.75, 3.05) is 7.11 Å². The van der Waals surface area contributed by atoms with Crippen molar-refractivity contribution in [1.82, 2.24) is 0 Å². The zero-order valence-corrected chi connectivity index (χ0v) is 15.0. The predicted octanol–water partition coefficient (Wildman–Crippen LogP) is 3.97. The Balaban J connectivity index is 1.68. The number of oxime groups is 1. The second kappa shape index (κ2) is 5.42. The molecular weight excluding hydrogens is 302 g/mol. The lowest BCUT2D eigenvalue weighted by molar-refractivity contribution is -0.128. The summed E-state index contributed by atoms with van der Waals surface area (Å²) in [4.78, 5) is 12.7. The molecule has 132 valence electrons. The van der Waals surface area contributed by atoms with Gasteiger partial charge in [-0.25, -0.2) is 0 Å². The Morgan fingerprint density at radius 2 is 1.92 bits per heavy atom. The normalized spacial score (nSPS) is 49.4. The molecule has 0 heterocycles. The van der Waals surface area contributed by atoms with Gasteiger partial charge >= 0.3 is 0 Å². The Morgan fingerprint density at radius 3 is 2.62 bits per heavy atom. The van der Waals surface area contributed by atoms with Crippen molar-refractivity contribution in [2.45, 2.75) is 64.9 Å². The van der Waals surface area contributed by atoms with Gasteiger partial charge in [0.05, 0.1) is 6.10 Å². The highest BCUT2D eigenvalue weighted by molar-refractivity contribution is 6.43. The lowest BCUT2D eigenvalue weighted by Crippen LogP contribution is -2.50. The first-order chi connectivity index (χ1) is 11.4. The number of fused-ring (bicyclic) bond motifs is 5. The van der Waals surface area contributed by atoms with Gasteiger partial charge in [-0.1, -0.05) is 30.7 Å². The number of ether oxygens (including phenoxy) is 1. The fraction of sp³-hybridized carbons (Fsp3) is 0.800. The summed E-state index contributed by atoms with van der Waals surface area (Å²) in [6.07, 6.45) is 10.0. The largest absolute Gasteiger partial charge is 0.411 e. The van der Waals surface area contributed by atoms with E-state index in [1.165, 1.54) is 6.42 Å². The molecule has 4 aliphatic carbocycles. The molecular formula is C20H29NO3. The fourth-order valence-corrected chi connectivity index (χ4v) is 6.52. The summed E-state index contributed by atoms with van der Waals surface area (Å²) in [5.74, 6) is 1.62. The maximum atomic E-state index is 12.7. The Labute approximate surface area is 144 Å². The van der Waals surface area contributed by atoms with Gasteiger partial charge in [0.1, 0.15) is 5.71 Å². The molecule has 3 fully saturated rings. The third-order valence-electron chi connectivity index (χ3n) is 8.10. The number of Topliss-reactive ketones (excluding diaryl/α,β-unsaturated/α-hetero) is 1. The molecule has 0 aromatic heterocycles. The van der Waals surface area contributed by atoms with Crippen LogP contribution in [-0.2, 0) is 9.53 Å². The van der Waals surface area contributed by atoms with Crippen LogP contribution in [0.2, 0.25) is 0 Å². The monoisotopic (exact) mass is 331 g/mol. The molecule has 0 spiro atoms. The van der Waals surface area contributed by atoms with Crippen molar-refractivity contribution in [3.63, 3.8) is 0 Å². The third-order valence-corrected chi connectivity index (χ3v) is 8.10. The minimum atomic E-state index is -0.311. The average molecular weight is 331 g/mol. The molecule has 3 saturated carbocycles. The quantitative estimate of drug-likeness (QED) is 0.449. The van der Waals surface area contributed by atoms with E-state index in [4.69, 9.17) is 4.74 Å². The summed E-state index contributed by atoms with van der Waals surface area (Å²) in [6.45, 7) is 4.56. The van der Waals surface area contributed by atoms with Crippen molar-refractivity contribution < 1.29 is 14.7 Å². The topological polar surface area (TPSA) is 58.9 Å². The van der Waals surface area contributed by atoms with Gasteiger partial charge in [0, 0.05) is 18.9 Å². The van der Waals surface area contributed by atoms with Crippen molar-refractivity contribution in [1.29, 1.82) is 0 Å². The molecule has 24 heavy (non-hydrogen) atoms. The molecule has 0 radical (unpaired) electrons. The number of nitrogens with zero attached hydrogens (tertiary/aromatic N) is 1. The summed E-state index contributed by atoms with van der Waals surface area (Å²) in [6, 6.07) is 0. The Morgan fingerprint density at radius 1 is 1.17 bits per heavy atom. The van der Waals surface area contributed by atoms with E-state index in [0.717, 1.165) is 32.1 Å². The lowest BCUT2D eigenvalue weighted by atomic mass is 9.48. The first-order valence-corrected chi connectivity index (χ1v) is 9.42.